The Morgan fingerprint density at radius 2 is 1.82 bits per heavy atom. The van der Waals surface area contributed by atoms with Crippen LogP contribution >= 0.6 is 0 Å². The number of hydrogen-bond donors (Lipinski definition) is 1. The van der Waals surface area contributed by atoms with Crippen molar-refractivity contribution in [2.45, 2.75) is 60.4 Å². The Balaban J connectivity index is 3.03. The average Bonchev–Trinajstić information content (AvgIpc) is 2.46. The summed E-state index contributed by atoms with van der Waals surface area (Å²) in [5.74, 6) is 0.545. The molecule has 1 N–H and O–H groups in total. The van der Waals surface area contributed by atoms with Crippen molar-refractivity contribution >= 4 is 15.0 Å². The van der Waals surface area contributed by atoms with Gasteiger partial charge in [-0.05, 0) is 62.0 Å². The molecule has 0 radical (unpaired) electrons. The highest BCUT2D eigenvalue weighted by Gasteiger charge is 2.30. The number of nitrogens with one attached hydrogen (secondary N) is 1. The molecule has 1 aliphatic rings. The van der Waals surface area contributed by atoms with Crippen molar-refractivity contribution in [3.8, 4) is 0 Å². The lowest BCUT2D eigenvalue weighted by Gasteiger charge is -2.34. The number of allylic oxidation sites excluding steroid dienone is 3. The number of rotatable bonds is 4. The van der Waals surface area contributed by atoms with E-state index in [4.69, 9.17) is 0 Å². The first kappa shape index (κ1) is 14.4. The summed E-state index contributed by atoms with van der Waals surface area (Å²) in [6, 6.07) is 0. The van der Waals surface area contributed by atoms with Gasteiger partial charge in [0.1, 0.15) is 0 Å². The topological polar surface area (TPSA) is 12.0 Å². The quantitative estimate of drug-likeness (QED) is 0.756. The zero-order valence-electron chi connectivity index (χ0n) is 12.5. The van der Waals surface area contributed by atoms with Crippen molar-refractivity contribution in [1.29, 1.82) is 0 Å². The van der Waals surface area contributed by atoms with E-state index in [9.17, 15) is 0 Å². The number of hydrogen-bond acceptors (Lipinski definition) is 1. The van der Waals surface area contributed by atoms with Gasteiger partial charge >= 0.3 is 0 Å². The van der Waals surface area contributed by atoms with E-state index in [0.717, 1.165) is 6.42 Å². The van der Waals surface area contributed by atoms with E-state index in [2.05, 4.69) is 53.8 Å². The highest BCUT2D eigenvalue weighted by Crippen LogP contribution is 2.36. The molecule has 0 aromatic heterocycles. The van der Waals surface area contributed by atoms with E-state index in [1.54, 1.807) is 0 Å². The van der Waals surface area contributed by atoms with Crippen molar-refractivity contribution in [2.24, 2.45) is 5.92 Å². The summed E-state index contributed by atoms with van der Waals surface area (Å²) in [5, 5.41) is 5.29. The summed E-state index contributed by atoms with van der Waals surface area (Å²) < 4.78 is 0. The van der Waals surface area contributed by atoms with Crippen LogP contribution in [-0.4, -0.2) is 20.6 Å². The van der Waals surface area contributed by atoms with Crippen molar-refractivity contribution in [3.05, 3.63) is 22.4 Å². The molecule has 0 saturated heterocycles. The highest BCUT2D eigenvalue weighted by atomic mass is 28.1. The zero-order valence-corrected chi connectivity index (χ0v) is 13.9. The van der Waals surface area contributed by atoms with Crippen LogP contribution in [0, 0.1) is 5.92 Å². The largest absolute Gasteiger partial charge is 0.379 e. The van der Waals surface area contributed by atoms with Gasteiger partial charge in [0.2, 0.25) is 0 Å². The molecule has 0 aromatic rings. The summed E-state index contributed by atoms with van der Waals surface area (Å²) in [6.07, 6.45) is 1.13. The molecule has 2 heteroatoms. The van der Waals surface area contributed by atoms with Crippen molar-refractivity contribution in [1.82, 2.24) is 5.32 Å². The van der Waals surface area contributed by atoms with Crippen molar-refractivity contribution < 1.29 is 0 Å². The van der Waals surface area contributed by atoms with E-state index in [1.165, 1.54) is 27.6 Å². The Morgan fingerprint density at radius 1 is 1.29 bits per heavy atom. The van der Waals surface area contributed by atoms with Crippen LogP contribution in [-0.2, 0) is 0 Å². The van der Waals surface area contributed by atoms with Crippen LogP contribution in [0.2, 0.25) is 0 Å². The summed E-state index contributed by atoms with van der Waals surface area (Å²) in [5.41, 5.74) is 5.98. The Hall–Kier alpha value is -0.633. The fourth-order valence-electron chi connectivity index (χ4n) is 2.36. The maximum absolute atomic E-state index is 3.81. The van der Waals surface area contributed by atoms with Gasteiger partial charge in [0.25, 0.3) is 0 Å². The van der Waals surface area contributed by atoms with Gasteiger partial charge in [0.15, 0.2) is 0 Å². The van der Waals surface area contributed by atoms with Crippen LogP contribution < -0.4 is 5.32 Å². The molecule has 2 atom stereocenters. The van der Waals surface area contributed by atoms with Gasteiger partial charge in [-0.25, -0.2) is 0 Å². The Morgan fingerprint density at radius 3 is 2.12 bits per heavy atom. The fraction of sp³-hybridized carbons (Fsp3) is 0.667. The third-order valence-electron chi connectivity index (χ3n) is 4.70. The normalized spacial score (nSPS) is 24.1. The van der Waals surface area contributed by atoms with Crippen molar-refractivity contribution in [2.75, 3.05) is 0 Å². The molecule has 0 spiro atoms. The maximum Gasteiger partial charge on any atom is 0.0505 e. The maximum atomic E-state index is 3.81. The van der Waals surface area contributed by atoms with E-state index in [-0.39, 0.29) is 5.54 Å². The van der Waals surface area contributed by atoms with Gasteiger partial charge in [-0.2, -0.15) is 0 Å². The first-order chi connectivity index (χ1) is 7.74. The van der Waals surface area contributed by atoms with Gasteiger partial charge in [0, 0.05) is 11.6 Å². The summed E-state index contributed by atoms with van der Waals surface area (Å²) >= 11 is 0. The minimum atomic E-state index is 0.133. The standard InChI is InChI=1S/C15H27NSi/c1-8-15(7,13(6)17)16-14-11(4)9(2)10(3)12(14)5/h11,16H,8,17H2,1-7H3. The zero-order chi connectivity index (χ0) is 13.4. The predicted octanol–water partition coefficient (Wildman–Crippen LogP) is 2.83. The molecule has 2 unspecified atom stereocenters. The summed E-state index contributed by atoms with van der Waals surface area (Å²) in [4.78, 5) is 0. The van der Waals surface area contributed by atoms with Gasteiger partial charge < -0.3 is 5.32 Å². The van der Waals surface area contributed by atoms with E-state index in [1.807, 2.05) is 9.85 Å². The SMILES string of the molecule is CCC(C)(NC1=C(C)C(C)=C(C)C1C)C(C)=[SiH2]. The first-order valence-electron chi connectivity index (χ1n) is 6.57. The molecule has 0 saturated carbocycles. The highest BCUT2D eigenvalue weighted by molar-refractivity contribution is 6.40. The molecule has 96 valence electrons. The van der Waals surface area contributed by atoms with Gasteiger partial charge in [-0.15, -0.1) is 0 Å². The molecule has 17 heavy (non-hydrogen) atoms. The van der Waals surface area contributed by atoms with Crippen molar-refractivity contribution in [3.63, 3.8) is 0 Å². The molecule has 0 aromatic carbocycles. The predicted molar refractivity (Wildman–Crippen MR) is 81.3 cm³/mol. The summed E-state index contributed by atoms with van der Waals surface area (Å²) in [6.45, 7) is 15.8. The molecular weight excluding hydrogens is 222 g/mol. The molecule has 0 amide bonds. The minimum absolute atomic E-state index is 0.133. The molecule has 1 aliphatic carbocycles. The van der Waals surface area contributed by atoms with Gasteiger partial charge in [-0.1, -0.05) is 24.6 Å². The van der Waals surface area contributed by atoms with Crippen LogP contribution in [0.4, 0.5) is 0 Å². The van der Waals surface area contributed by atoms with Crippen LogP contribution in [0.3, 0.4) is 0 Å². The lowest BCUT2D eigenvalue weighted by Crippen LogP contribution is -2.48. The Bertz CT molecular complexity index is 403. The smallest absolute Gasteiger partial charge is 0.0505 e. The Kier molecular flexibility index (Phi) is 4.18. The average molecular weight is 249 g/mol. The van der Waals surface area contributed by atoms with Crippen LogP contribution in [0.15, 0.2) is 22.4 Å². The molecule has 0 bridgehead atoms. The lowest BCUT2D eigenvalue weighted by molar-refractivity contribution is 0.478. The monoisotopic (exact) mass is 249 g/mol. The minimum Gasteiger partial charge on any atom is -0.379 e. The van der Waals surface area contributed by atoms with Crippen LogP contribution in [0.5, 0.6) is 0 Å². The molecule has 1 nitrogen and oxygen atoms in total. The molecule has 0 heterocycles. The van der Waals surface area contributed by atoms with Crippen LogP contribution in [0.1, 0.15) is 54.9 Å². The van der Waals surface area contributed by atoms with Gasteiger partial charge in [0.05, 0.1) is 5.54 Å². The lowest BCUT2D eigenvalue weighted by atomic mass is 9.92. The van der Waals surface area contributed by atoms with E-state index < -0.39 is 0 Å². The molecule has 1 rings (SSSR count). The second kappa shape index (κ2) is 4.93. The third-order valence-corrected chi connectivity index (χ3v) is 5.48. The molecule has 0 aliphatic heterocycles. The second-order valence-corrected chi connectivity index (χ2v) is 6.72. The van der Waals surface area contributed by atoms with Gasteiger partial charge in [-0.3, -0.25) is 0 Å². The third kappa shape index (κ3) is 2.47. The van der Waals surface area contributed by atoms with E-state index >= 15 is 0 Å². The molecular formula is C15H27NSi. The first-order valence-corrected chi connectivity index (χ1v) is 7.28. The fourth-order valence-corrected chi connectivity index (χ4v) is 2.70. The van der Waals surface area contributed by atoms with E-state index in [0.29, 0.717) is 5.92 Å². The summed E-state index contributed by atoms with van der Waals surface area (Å²) in [7, 11) is 2.01. The second-order valence-electron chi connectivity index (χ2n) is 5.66. The molecule has 0 fully saturated rings. The Labute approximate surface area is 109 Å². The van der Waals surface area contributed by atoms with Crippen LogP contribution in [0.25, 0.3) is 0 Å².